The predicted octanol–water partition coefficient (Wildman–Crippen LogP) is 3.65. The zero-order valence-electron chi connectivity index (χ0n) is 15.4. The molecule has 0 bridgehead atoms. The molecular formula is C21H23N3O3. The fourth-order valence-corrected chi connectivity index (χ4v) is 3.45. The summed E-state index contributed by atoms with van der Waals surface area (Å²) in [6, 6.07) is 15.4. The van der Waals surface area contributed by atoms with Crippen LogP contribution in [0.15, 0.2) is 48.5 Å². The maximum Gasteiger partial charge on any atom is 0.274 e. The molecule has 3 aromatic rings. The van der Waals surface area contributed by atoms with Crippen molar-refractivity contribution in [1.29, 1.82) is 0 Å². The molecule has 0 radical (unpaired) electrons. The van der Waals surface area contributed by atoms with Crippen molar-refractivity contribution in [3.8, 4) is 11.5 Å². The molecule has 1 saturated heterocycles. The van der Waals surface area contributed by atoms with Crippen LogP contribution in [0.25, 0.3) is 10.9 Å². The standard InChI is InChI=1S/C21H23N3O3/c1-2-26-18-9-5-6-10-19(18)27-15-11-13-24(14-12-15)21(25)20-16-7-3-4-8-17(16)22-23-20/h3-10,15H,2,11-14H2,1H3,(H,22,23). The van der Waals surface area contributed by atoms with Crippen molar-refractivity contribution in [3.05, 3.63) is 54.2 Å². The molecule has 6 nitrogen and oxygen atoms in total. The fraction of sp³-hybridized carbons (Fsp3) is 0.333. The molecule has 0 atom stereocenters. The summed E-state index contributed by atoms with van der Waals surface area (Å²) in [6.45, 7) is 3.87. The van der Waals surface area contributed by atoms with Gasteiger partial charge in [-0.15, -0.1) is 0 Å². The summed E-state index contributed by atoms with van der Waals surface area (Å²) in [4.78, 5) is 14.7. The van der Waals surface area contributed by atoms with Gasteiger partial charge in [0.05, 0.1) is 12.1 Å². The predicted molar refractivity (Wildman–Crippen MR) is 103 cm³/mol. The second-order valence-electron chi connectivity index (χ2n) is 6.61. The molecule has 2 aromatic carbocycles. The molecule has 1 fully saturated rings. The lowest BCUT2D eigenvalue weighted by molar-refractivity contribution is 0.0585. The van der Waals surface area contributed by atoms with Gasteiger partial charge in [0.2, 0.25) is 0 Å². The Kier molecular flexibility index (Phi) is 4.96. The third kappa shape index (κ3) is 3.60. The number of piperidine rings is 1. The van der Waals surface area contributed by atoms with Crippen molar-refractivity contribution in [3.63, 3.8) is 0 Å². The Hall–Kier alpha value is -3.02. The summed E-state index contributed by atoms with van der Waals surface area (Å²) in [7, 11) is 0. The summed E-state index contributed by atoms with van der Waals surface area (Å²) in [5.74, 6) is 1.50. The number of nitrogens with one attached hydrogen (secondary N) is 1. The lowest BCUT2D eigenvalue weighted by Crippen LogP contribution is -2.42. The van der Waals surface area contributed by atoms with Crippen LogP contribution in [0.2, 0.25) is 0 Å². The number of para-hydroxylation sites is 3. The lowest BCUT2D eigenvalue weighted by atomic mass is 10.1. The number of hydrogen-bond acceptors (Lipinski definition) is 4. The number of ether oxygens (including phenoxy) is 2. The monoisotopic (exact) mass is 365 g/mol. The van der Waals surface area contributed by atoms with Crippen LogP contribution in [0.5, 0.6) is 11.5 Å². The van der Waals surface area contributed by atoms with E-state index >= 15 is 0 Å². The largest absolute Gasteiger partial charge is 0.490 e. The molecule has 1 amide bonds. The minimum absolute atomic E-state index is 0.0272. The van der Waals surface area contributed by atoms with Crippen molar-refractivity contribution < 1.29 is 14.3 Å². The molecule has 4 rings (SSSR count). The van der Waals surface area contributed by atoms with Crippen molar-refractivity contribution in [2.45, 2.75) is 25.9 Å². The molecule has 2 heterocycles. The van der Waals surface area contributed by atoms with E-state index in [1.54, 1.807) is 0 Å². The molecule has 0 unspecified atom stereocenters. The minimum atomic E-state index is -0.0272. The number of H-pyrrole nitrogens is 1. The Bertz CT molecular complexity index is 929. The molecule has 140 valence electrons. The van der Waals surface area contributed by atoms with Gasteiger partial charge in [0.25, 0.3) is 5.91 Å². The van der Waals surface area contributed by atoms with Crippen LogP contribution in [-0.4, -0.2) is 46.8 Å². The summed E-state index contributed by atoms with van der Waals surface area (Å²) in [6.07, 6.45) is 1.65. The molecule has 1 aromatic heterocycles. The second kappa shape index (κ2) is 7.70. The molecule has 6 heteroatoms. The van der Waals surface area contributed by atoms with E-state index in [4.69, 9.17) is 9.47 Å². The van der Waals surface area contributed by atoms with E-state index < -0.39 is 0 Å². The highest BCUT2D eigenvalue weighted by atomic mass is 16.5. The van der Waals surface area contributed by atoms with Gasteiger partial charge in [0, 0.05) is 31.3 Å². The molecular weight excluding hydrogens is 342 g/mol. The number of likely N-dealkylation sites (tertiary alicyclic amines) is 1. The highest BCUT2D eigenvalue weighted by Gasteiger charge is 2.27. The third-order valence-corrected chi connectivity index (χ3v) is 4.84. The van der Waals surface area contributed by atoms with Gasteiger partial charge in [0.1, 0.15) is 6.10 Å². The maximum atomic E-state index is 12.9. The molecule has 0 saturated carbocycles. The number of fused-ring (bicyclic) bond motifs is 1. The van der Waals surface area contributed by atoms with Crippen LogP contribution < -0.4 is 9.47 Å². The van der Waals surface area contributed by atoms with Gasteiger partial charge in [-0.05, 0) is 25.1 Å². The van der Waals surface area contributed by atoms with Gasteiger partial charge in [0.15, 0.2) is 17.2 Å². The number of aromatic nitrogens is 2. The van der Waals surface area contributed by atoms with Gasteiger partial charge in [-0.25, -0.2) is 0 Å². The Morgan fingerprint density at radius 3 is 2.59 bits per heavy atom. The van der Waals surface area contributed by atoms with Crippen LogP contribution in [0.3, 0.4) is 0 Å². The number of carbonyl (C=O) groups is 1. The number of hydrogen-bond donors (Lipinski definition) is 1. The molecule has 0 spiro atoms. The highest BCUT2D eigenvalue weighted by Crippen LogP contribution is 2.29. The SMILES string of the molecule is CCOc1ccccc1OC1CCN(C(=O)c2n[nH]c3ccccc23)CC1. The van der Waals surface area contributed by atoms with E-state index in [-0.39, 0.29) is 12.0 Å². The van der Waals surface area contributed by atoms with Crippen LogP contribution in [-0.2, 0) is 0 Å². The number of aromatic amines is 1. The smallest absolute Gasteiger partial charge is 0.274 e. The van der Waals surface area contributed by atoms with Crippen molar-refractivity contribution in [1.82, 2.24) is 15.1 Å². The zero-order chi connectivity index (χ0) is 18.6. The topological polar surface area (TPSA) is 67.5 Å². The Labute approximate surface area is 158 Å². The number of nitrogens with zero attached hydrogens (tertiary/aromatic N) is 2. The average Bonchev–Trinajstić information content (AvgIpc) is 3.14. The second-order valence-corrected chi connectivity index (χ2v) is 6.61. The summed E-state index contributed by atoms with van der Waals surface area (Å²) in [5, 5.41) is 8.02. The zero-order valence-corrected chi connectivity index (χ0v) is 15.4. The van der Waals surface area contributed by atoms with Gasteiger partial charge in [-0.2, -0.15) is 5.10 Å². The van der Waals surface area contributed by atoms with E-state index in [2.05, 4.69) is 10.2 Å². The Balaban J connectivity index is 1.40. The highest BCUT2D eigenvalue weighted by molar-refractivity contribution is 6.04. The number of carbonyl (C=O) groups excluding carboxylic acids is 1. The summed E-state index contributed by atoms with van der Waals surface area (Å²) in [5.41, 5.74) is 1.37. The first kappa shape index (κ1) is 17.4. The minimum Gasteiger partial charge on any atom is -0.490 e. The third-order valence-electron chi connectivity index (χ3n) is 4.84. The van der Waals surface area contributed by atoms with Crippen molar-refractivity contribution in [2.75, 3.05) is 19.7 Å². The first-order valence-electron chi connectivity index (χ1n) is 9.37. The van der Waals surface area contributed by atoms with Crippen LogP contribution in [0.4, 0.5) is 0 Å². The normalized spacial score (nSPS) is 15.1. The molecule has 1 aliphatic heterocycles. The van der Waals surface area contributed by atoms with Gasteiger partial charge < -0.3 is 14.4 Å². The van der Waals surface area contributed by atoms with Crippen LogP contribution in [0, 0.1) is 0 Å². The first-order valence-corrected chi connectivity index (χ1v) is 9.37. The van der Waals surface area contributed by atoms with Gasteiger partial charge in [-0.3, -0.25) is 9.89 Å². The van der Waals surface area contributed by atoms with E-state index in [9.17, 15) is 4.79 Å². The first-order chi connectivity index (χ1) is 13.3. The number of amides is 1. The Morgan fingerprint density at radius 2 is 1.81 bits per heavy atom. The van der Waals surface area contributed by atoms with Crippen LogP contribution in [0.1, 0.15) is 30.3 Å². The van der Waals surface area contributed by atoms with E-state index in [1.807, 2.05) is 60.4 Å². The van der Waals surface area contributed by atoms with Crippen molar-refractivity contribution >= 4 is 16.8 Å². The Morgan fingerprint density at radius 1 is 1.11 bits per heavy atom. The van der Waals surface area contributed by atoms with E-state index in [1.165, 1.54) is 0 Å². The maximum absolute atomic E-state index is 12.9. The quantitative estimate of drug-likeness (QED) is 0.749. The number of benzene rings is 2. The lowest BCUT2D eigenvalue weighted by Gasteiger charge is -2.32. The average molecular weight is 365 g/mol. The molecule has 0 aliphatic carbocycles. The van der Waals surface area contributed by atoms with Crippen molar-refractivity contribution in [2.24, 2.45) is 0 Å². The van der Waals surface area contributed by atoms with E-state index in [0.29, 0.717) is 25.4 Å². The number of rotatable bonds is 5. The molecule has 27 heavy (non-hydrogen) atoms. The fourth-order valence-electron chi connectivity index (χ4n) is 3.45. The molecule has 1 aliphatic rings. The molecule has 1 N–H and O–H groups in total. The van der Waals surface area contributed by atoms with Crippen LogP contribution >= 0.6 is 0 Å². The van der Waals surface area contributed by atoms with E-state index in [0.717, 1.165) is 35.2 Å². The summed E-state index contributed by atoms with van der Waals surface area (Å²) < 4.78 is 11.8. The summed E-state index contributed by atoms with van der Waals surface area (Å²) >= 11 is 0. The van der Waals surface area contributed by atoms with Gasteiger partial charge >= 0.3 is 0 Å². The van der Waals surface area contributed by atoms with Gasteiger partial charge in [-0.1, -0.05) is 30.3 Å².